The van der Waals surface area contributed by atoms with E-state index in [1.165, 1.54) is 5.56 Å². The highest BCUT2D eigenvalue weighted by Crippen LogP contribution is 2.28. The molecule has 0 bridgehead atoms. The van der Waals surface area contributed by atoms with Crippen LogP contribution in [-0.4, -0.2) is 5.11 Å². The molecule has 2 aromatic carbocycles. The van der Waals surface area contributed by atoms with Gasteiger partial charge < -0.3 is 5.11 Å². The van der Waals surface area contributed by atoms with Crippen LogP contribution in [-0.2, 0) is 5.41 Å². The van der Waals surface area contributed by atoms with Crippen molar-refractivity contribution in [2.75, 3.05) is 0 Å². The number of aromatic hydroxyl groups is 1. The topological polar surface area (TPSA) is 20.2 Å². The molecule has 0 saturated carbocycles. The van der Waals surface area contributed by atoms with Crippen molar-refractivity contribution < 1.29 is 5.11 Å². The normalized spacial score (nSPS) is 11.5. The van der Waals surface area contributed by atoms with E-state index in [1.54, 1.807) is 12.1 Å². The van der Waals surface area contributed by atoms with Crippen molar-refractivity contribution in [2.24, 2.45) is 0 Å². The lowest BCUT2D eigenvalue weighted by Gasteiger charge is -2.19. The third-order valence-electron chi connectivity index (χ3n) is 2.82. The van der Waals surface area contributed by atoms with E-state index in [9.17, 15) is 5.11 Å². The smallest absolute Gasteiger partial charge is 0.116 e. The van der Waals surface area contributed by atoms with Gasteiger partial charge in [-0.2, -0.15) is 0 Å². The molecule has 0 aliphatic heterocycles. The van der Waals surface area contributed by atoms with Crippen LogP contribution in [0.3, 0.4) is 0 Å². The van der Waals surface area contributed by atoms with Crippen LogP contribution in [0.4, 0.5) is 0 Å². The molecule has 0 heterocycles. The van der Waals surface area contributed by atoms with E-state index in [0.717, 1.165) is 11.1 Å². The SMILES string of the molecule is CC(C)(C)c1cc[c]c(-c2cccc(O)c2)c1. The van der Waals surface area contributed by atoms with Gasteiger partial charge in [-0.1, -0.05) is 45.0 Å². The molecule has 0 fully saturated rings. The quantitative estimate of drug-likeness (QED) is 0.772. The molecule has 0 spiro atoms. The van der Waals surface area contributed by atoms with Gasteiger partial charge in [-0.3, -0.25) is 0 Å². The predicted molar refractivity (Wildman–Crippen MR) is 71.1 cm³/mol. The van der Waals surface area contributed by atoms with Gasteiger partial charge in [0.2, 0.25) is 0 Å². The molecule has 0 amide bonds. The summed E-state index contributed by atoms with van der Waals surface area (Å²) in [6.45, 7) is 6.57. The molecule has 2 aromatic rings. The fourth-order valence-corrected chi connectivity index (χ4v) is 1.77. The lowest BCUT2D eigenvalue weighted by atomic mass is 9.85. The van der Waals surface area contributed by atoms with Gasteiger partial charge in [-0.15, -0.1) is 0 Å². The Morgan fingerprint density at radius 1 is 1.06 bits per heavy atom. The van der Waals surface area contributed by atoms with Gasteiger partial charge in [0.25, 0.3) is 0 Å². The molecule has 0 aromatic heterocycles. The summed E-state index contributed by atoms with van der Waals surface area (Å²) in [5, 5.41) is 9.49. The highest BCUT2D eigenvalue weighted by atomic mass is 16.3. The molecule has 17 heavy (non-hydrogen) atoms. The van der Waals surface area contributed by atoms with E-state index >= 15 is 0 Å². The van der Waals surface area contributed by atoms with Crippen molar-refractivity contribution >= 4 is 0 Å². The number of rotatable bonds is 1. The van der Waals surface area contributed by atoms with Crippen LogP contribution in [0.5, 0.6) is 5.75 Å². The van der Waals surface area contributed by atoms with E-state index in [2.05, 4.69) is 39.0 Å². The van der Waals surface area contributed by atoms with Crippen molar-refractivity contribution in [1.29, 1.82) is 0 Å². The third-order valence-corrected chi connectivity index (χ3v) is 2.82. The number of benzene rings is 2. The minimum Gasteiger partial charge on any atom is -0.508 e. The molecule has 0 saturated heterocycles. The predicted octanol–water partition coefficient (Wildman–Crippen LogP) is 4.16. The van der Waals surface area contributed by atoms with Gasteiger partial charge in [0.05, 0.1) is 0 Å². The van der Waals surface area contributed by atoms with Crippen LogP contribution in [0.2, 0.25) is 0 Å². The van der Waals surface area contributed by atoms with Gasteiger partial charge >= 0.3 is 0 Å². The first-order valence-corrected chi connectivity index (χ1v) is 5.78. The minimum absolute atomic E-state index is 0.126. The van der Waals surface area contributed by atoms with Crippen LogP contribution in [0.25, 0.3) is 11.1 Å². The van der Waals surface area contributed by atoms with E-state index in [4.69, 9.17) is 0 Å². The van der Waals surface area contributed by atoms with E-state index in [0.29, 0.717) is 0 Å². The number of hydrogen-bond acceptors (Lipinski definition) is 1. The second-order valence-corrected chi connectivity index (χ2v) is 5.29. The summed E-state index contributed by atoms with van der Waals surface area (Å²) in [5.74, 6) is 0.289. The van der Waals surface area contributed by atoms with Crippen LogP contribution in [0, 0.1) is 6.07 Å². The van der Waals surface area contributed by atoms with Crippen LogP contribution < -0.4 is 0 Å². The maximum Gasteiger partial charge on any atom is 0.116 e. The molecule has 1 nitrogen and oxygen atoms in total. The first-order chi connectivity index (χ1) is 7.97. The first-order valence-electron chi connectivity index (χ1n) is 5.78. The van der Waals surface area contributed by atoms with Crippen LogP contribution in [0.1, 0.15) is 26.3 Å². The largest absolute Gasteiger partial charge is 0.508 e. The lowest BCUT2D eigenvalue weighted by Crippen LogP contribution is -2.10. The van der Waals surface area contributed by atoms with Gasteiger partial charge in [0.1, 0.15) is 5.75 Å². The average molecular weight is 225 g/mol. The summed E-state index contributed by atoms with van der Waals surface area (Å²) >= 11 is 0. The first kappa shape index (κ1) is 11.7. The number of hydrogen-bond donors (Lipinski definition) is 1. The molecule has 0 atom stereocenters. The molecular weight excluding hydrogens is 208 g/mol. The summed E-state index contributed by atoms with van der Waals surface area (Å²) < 4.78 is 0. The molecule has 87 valence electrons. The molecule has 2 rings (SSSR count). The fourth-order valence-electron chi connectivity index (χ4n) is 1.77. The Balaban J connectivity index is 2.47. The van der Waals surface area contributed by atoms with Gasteiger partial charge in [0, 0.05) is 0 Å². The molecule has 0 aliphatic rings. The Bertz CT molecular complexity index is 521. The summed E-state index contributed by atoms with van der Waals surface area (Å²) in [6, 6.07) is 16.7. The maximum absolute atomic E-state index is 9.49. The van der Waals surface area contributed by atoms with Crippen molar-refractivity contribution in [3.05, 3.63) is 54.1 Å². The Morgan fingerprint density at radius 3 is 2.47 bits per heavy atom. The standard InChI is InChI=1S/C16H17O/c1-16(2,3)14-8-4-6-12(10-14)13-7-5-9-15(17)11-13/h4-5,7-11,17H,1-3H3. The summed E-state index contributed by atoms with van der Waals surface area (Å²) in [5.41, 5.74) is 3.42. The Morgan fingerprint density at radius 2 is 1.82 bits per heavy atom. The lowest BCUT2D eigenvalue weighted by molar-refractivity contribution is 0.475. The summed E-state index contributed by atoms with van der Waals surface area (Å²) in [7, 11) is 0. The van der Waals surface area contributed by atoms with Crippen molar-refractivity contribution in [1.82, 2.24) is 0 Å². The third kappa shape index (κ3) is 2.68. The zero-order valence-electron chi connectivity index (χ0n) is 10.5. The highest BCUT2D eigenvalue weighted by Gasteiger charge is 2.14. The van der Waals surface area contributed by atoms with E-state index in [1.807, 2.05) is 18.2 Å². The van der Waals surface area contributed by atoms with E-state index in [-0.39, 0.29) is 11.2 Å². The average Bonchev–Trinajstić information content (AvgIpc) is 2.28. The monoisotopic (exact) mass is 225 g/mol. The zero-order chi connectivity index (χ0) is 12.5. The van der Waals surface area contributed by atoms with Crippen molar-refractivity contribution in [2.45, 2.75) is 26.2 Å². The van der Waals surface area contributed by atoms with Crippen LogP contribution in [0.15, 0.2) is 42.5 Å². The second kappa shape index (κ2) is 4.25. The molecule has 0 unspecified atom stereocenters. The molecule has 1 N–H and O–H groups in total. The second-order valence-electron chi connectivity index (χ2n) is 5.29. The zero-order valence-corrected chi connectivity index (χ0v) is 10.5. The maximum atomic E-state index is 9.49. The van der Waals surface area contributed by atoms with Gasteiger partial charge in [-0.25, -0.2) is 0 Å². The fraction of sp³-hybridized carbons (Fsp3) is 0.250. The molecule has 0 aliphatic carbocycles. The van der Waals surface area contributed by atoms with Gasteiger partial charge in [-0.05, 0) is 46.4 Å². The Hall–Kier alpha value is -1.76. The summed E-state index contributed by atoms with van der Waals surface area (Å²) in [4.78, 5) is 0. The van der Waals surface area contributed by atoms with Crippen molar-refractivity contribution in [3.8, 4) is 16.9 Å². The van der Waals surface area contributed by atoms with Gasteiger partial charge in [0.15, 0.2) is 0 Å². The Kier molecular flexibility index (Phi) is 2.93. The molecule has 1 heteroatoms. The van der Waals surface area contributed by atoms with Crippen LogP contribution >= 0.6 is 0 Å². The highest BCUT2D eigenvalue weighted by molar-refractivity contribution is 5.65. The molecular formula is C16H17O. The Labute approximate surface area is 103 Å². The minimum atomic E-state index is 0.126. The molecule has 1 radical (unpaired) electrons. The van der Waals surface area contributed by atoms with E-state index < -0.39 is 0 Å². The number of phenols is 1. The van der Waals surface area contributed by atoms with Crippen molar-refractivity contribution in [3.63, 3.8) is 0 Å². The number of phenolic OH excluding ortho intramolecular Hbond substituents is 1. The summed E-state index contributed by atoms with van der Waals surface area (Å²) in [6.07, 6.45) is 0.